The Balaban J connectivity index is 1.59. The zero-order valence-corrected chi connectivity index (χ0v) is 12.5. The van der Waals surface area contributed by atoms with E-state index in [4.69, 9.17) is 0 Å². The minimum absolute atomic E-state index is 0.0602. The van der Waals surface area contributed by atoms with Gasteiger partial charge in [0.05, 0.1) is 5.92 Å². The Morgan fingerprint density at radius 2 is 1.77 bits per heavy atom. The van der Waals surface area contributed by atoms with Gasteiger partial charge < -0.3 is 5.32 Å². The van der Waals surface area contributed by atoms with E-state index < -0.39 is 0 Å². The lowest BCUT2D eigenvalue weighted by Gasteiger charge is -2.16. The summed E-state index contributed by atoms with van der Waals surface area (Å²) in [5, 5.41) is 2.97. The Hall–Kier alpha value is -2.16. The van der Waals surface area contributed by atoms with E-state index in [2.05, 4.69) is 5.32 Å². The maximum absolute atomic E-state index is 13.6. The maximum atomic E-state index is 13.6. The fraction of sp³-hybridized carbons (Fsp3) is 0.316. The summed E-state index contributed by atoms with van der Waals surface area (Å²) in [5.41, 5.74) is 1.72. The van der Waals surface area contributed by atoms with Crippen LogP contribution in [0.4, 0.5) is 4.39 Å². The Bertz CT molecular complexity index is 637. The molecule has 3 heteroatoms. The molecule has 1 unspecified atom stereocenters. The lowest BCUT2D eigenvalue weighted by Crippen LogP contribution is -2.32. The third-order valence-corrected chi connectivity index (χ3v) is 4.19. The minimum atomic E-state index is -0.210. The molecule has 2 aromatic rings. The molecule has 114 valence electrons. The molecule has 0 saturated heterocycles. The Morgan fingerprint density at radius 3 is 2.45 bits per heavy atom. The predicted octanol–water partition coefficient (Wildman–Crippen LogP) is 3.68. The number of benzene rings is 2. The van der Waals surface area contributed by atoms with Crippen LogP contribution in [0.1, 0.15) is 29.9 Å². The van der Waals surface area contributed by atoms with Crippen molar-refractivity contribution in [1.29, 1.82) is 0 Å². The average Bonchev–Trinajstić information content (AvgIpc) is 3.35. The third-order valence-electron chi connectivity index (χ3n) is 4.19. The quantitative estimate of drug-likeness (QED) is 0.866. The van der Waals surface area contributed by atoms with Gasteiger partial charge >= 0.3 is 0 Å². The fourth-order valence-electron chi connectivity index (χ4n) is 2.86. The Kier molecular flexibility index (Phi) is 4.52. The normalized spacial score (nSPS) is 15.3. The monoisotopic (exact) mass is 297 g/mol. The number of carbonyl (C=O) groups is 1. The van der Waals surface area contributed by atoms with Crippen LogP contribution in [0.3, 0.4) is 0 Å². The number of rotatable bonds is 6. The highest BCUT2D eigenvalue weighted by molar-refractivity contribution is 5.84. The third kappa shape index (κ3) is 3.53. The summed E-state index contributed by atoms with van der Waals surface area (Å²) < 4.78 is 13.6. The van der Waals surface area contributed by atoms with Crippen molar-refractivity contribution >= 4 is 5.91 Å². The summed E-state index contributed by atoms with van der Waals surface area (Å²) in [6.45, 7) is 0.468. The molecule has 0 heterocycles. The Labute approximate surface area is 130 Å². The first-order chi connectivity index (χ1) is 10.8. The van der Waals surface area contributed by atoms with Gasteiger partial charge in [0.25, 0.3) is 0 Å². The summed E-state index contributed by atoms with van der Waals surface area (Å²) in [7, 11) is 0. The van der Waals surface area contributed by atoms with E-state index in [1.54, 1.807) is 12.1 Å². The van der Waals surface area contributed by atoms with Gasteiger partial charge in [-0.1, -0.05) is 48.5 Å². The number of nitrogens with one attached hydrogen (secondary N) is 1. The molecule has 1 N–H and O–H groups in total. The fourth-order valence-corrected chi connectivity index (χ4v) is 2.86. The molecule has 1 aliphatic carbocycles. The molecule has 1 amide bonds. The van der Waals surface area contributed by atoms with Crippen LogP contribution in [0, 0.1) is 11.7 Å². The number of amides is 1. The number of carbonyl (C=O) groups excluding carboxylic acids is 1. The molecule has 2 aromatic carbocycles. The van der Waals surface area contributed by atoms with Gasteiger partial charge in [-0.25, -0.2) is 4.39 Å². The smallest absolute Gasteiger partial charge is 0.227 e. The molecule has 0 bridgehead atoms. The van der Waals surface area contributed by atoms with E-state index in [1.165, 1.54) is 6.07 Å². The van der Waals surface area contributed by atoms with Crippen LogP contribution < -0.4 is 5.32 Å². The molecule has 0 aromatic heterocycles. The van der Waals surface area contributed by atoms with Crippen molar-refractivity contribution in [2.75, 3.05) is 6.54 Å². The molecule has 0 aliphatic heterocycles. The average molecular weight is 297 g/mol. The molecule has 1 fully saturated rings. The summed E-state index contributed by atoms with van der Waals surface area (Å²) >= 11 is 0. The lowest BCUT2D eigenvalue weighted by atomic mass is 9.93. The SMILES string of the molecule is O=C(NCCc1ccccc1F)C(c1ccccc1)C1CC1. The van der Waals surface area contributed by atoms with E-state index in [0.29, 0.717) is 24.4 Å². The molecule has 22 heavy (non-hydrogen) atoms. The first kappa shape index (κ1) is 14.8. The molecular formula is C19H20FNO. The highest BCUT2D eigenvalue weighted by Crippen LogP contribution is 2.42. The first-order valence-electron chi connectivity index (χ1n) is 7.82. The van der Waals surface area contributed by atoms with Crippen LogP contribution in [0.15, 0.2) is 54.6 Å². The van der Waals surface area contributed by atoms with Gasteiger partial charge in [0.15, 0.2) is 0 Å². The van der Waals surface area contributed by atoms with Gasteiger partial charge in [-0.3, -0.25) is 4.79 Å². The number of halogens is 1. The topological polar surface area (TPSA) is 29.1 Å². The molecule has 3 rings (SSSR count). The molecule has 2 nitrogen and oxygen atoms in total. The van der Waals surface area contributed by atoms with Gasteiger partial charge in [0.1, 0.15) is 5.82 Å². The van der Waals surface area contributed by atoms with Crippen molar-refractivity contribution in [3.63, 3.8) is 0 Å². The maximum Gasteiger partial charge on any atom is 0.227 e. The number of hydrogen-bond acceptors (Lipinski definition) is 1. The molecular weight excluding hydrogens is 277 g/mol. The zero-order chi connectivity index (χ0) is 15.4. The molecule has 1 atom stereocenters. The van der Waals surface area contributed by atoms with Crippen molar-refractivity contribution in [2.45, 2.75) is 25.2 Å². The number of hydrogen-bond donors (Lipinski definition) is 1. The van der Waals surface area contributed by atoms with Crippen LogP contribution in [-0.4, -0.2) is 12.5 Å². The van der Waals surface area contributed by atoms with Crippen LogP contribution in [0.25, 0.3) is 0 Å². The van der Waals surface area contributed by atoms with Gasteiger partial charge in [0.2, 0.25) is 5.91 Å². The predicted molar refractivity (Wildman–Crippen MR) is 85.0 cm³/mol. The van der Waals surface area contributed by atoms with Crippen LogP contribution in [-0.2, 0) is 11.2 Å². The van der Waals surface area contributed by atoms with Gasteiger partial charge in [-0.05, 0) is 42.4 Å². The van der Waals surface area contributed by atoms with Crippen molar-refractivity contribution in [2.24, 2.45) is 5.92 Å². The van der Waals surface area contributed by atoms with Crippen LogP contribution >= 0.6 is 0 Å². The largest absolute Gasteiger partial charge is 0.355 e. The van der Waals surface area contributed by atoms with Crippen LogP contribution in [0.2, 0.25) is 0 Å². The summed E-state index contributed by atoms with van der Waals surface area (Å²) in [6, 6.07) is 16.6. The lowest BCUT2D eigenvalue weighted by molar-refractivity contribution is -0.123. The van der Waals surface area contributed by atoms with Gasteiger partial charge in [-0.2, -0.15) is 0 Å². The van der Waals surface area contributed by atoms with Crippen molar-refractivity contribution in [3.05, 3.63) is 71.5 Å². The van der Waals surface area contributed by atoms with Crippen molar-refractivity contribution in [3.8, 4) is 0 Å². The zero-order valence-electron chi connectivity index (χ0n) is 12.5. The summed E-state index contributed by atoms with van der Waals surface area (Å²) in [5.74, 6) is 0.237. The van der Waals surface area contributed by atoms with Gasteiger partial charge in [0, 0.05) is 6.54 Å². The van der Waals surface area contributed by atoms with Crippen LogP contribution in [0.5, 0.6) is 0 Å². The highest BCUT2D eigenvalue weighted by Gasteiger charge is 2.36. The van der Waals surface area contributed by atoms with Gasteiger partial charge in [-0.15, -0.1) is 0 Å². The summed E-state index contributed by atoms with van der Waals surface area (Å²) in [6.07, 6.45) is 2.74. The van der Waals surface area contributed by atoms with E-state index in [-0.39, 0.29) is 17.6 Å². The second-order valence-corrected chi connectivity index (χ2v) is 5.86. The standard InChI is InChI=1S/C19H20FNO/c20-17-9-5-4-6-14(17)12-13-21-19(22)18(16-10-11-16)15-7-2-1-3-8-15/h1-9,16,18H,10-13H2,(H,21,22). The molecule has 1 aliphatic rings. The minimum Gasteiger partial charge on any atom is -0.355 e. The Morgan fingerprint density at radius 1 is 1.09 bits per heavy atom. The molecule has 0 spiro atoms. The molecule has 0 radical (unpaired) electrons. The second-order valence-electron chi connectivity index (χ2n) is 5.86. The molecule has 1 saturated carbocycles. The van der Waals surface area contributed by atoms with E-state index in [1.807, 2.05) is 36.4 Å². The first-order valence-corrected chi connectivity index (χ1v) is 7.82. The summed E-state index contributed by atoms with van der Waals surface area (Å²) in [4.78, 5) is 12.5. The van der Waals surface area contributed by atoms with Crippen molar-refractivity contribution < 1.29 is 9.18 Å². The van der Waals surface area contributed by atoms with E-state index in [9.17, 15) is 9.18 Å². The van der Waals surface area contributed by atoms with E-state index in [0.717, 1.165) is 18.4 Å². The van der Waals surface area contributed by atoms with Crippen molar-refractivity contribution in [1.82, 2.24) is 5.32 Å². The second kappa shape index (κ2) is 6.73. The van der Waals surface area contributed by atoms with E-state index >= 15 is 0 Å². The highest BCUT2D eigenvalue weighted by atomic mass is 19.1.